The number of hydrogen-bond acceptors (Lipinski definition) is 2. The van der Waals surface area contributed by atoms with Crippen molar-refractivity contribution in [3.05, 3.63) is 34.9 Å². The standard InChI is InChI=1S/C13H15NS/c1-14-10-6-2-4-8-12(10)15-13-9-5-3-7-11(13)14/h2,4,6,8H,3,5,7,9H2,1H3. The second-order valence-corrected chi connectivity index (χ2v) is 5.34. The van der Waals surface area contributed by atoms with Gasteiger partial charge in [-0.1, -0.05) is 23.9 Å². The van der Waals surface area contributed by atoms with Crippen LogP contribution < -0.4 is 4.90 Å². The third-order valence-electron chi connectivity index (χ3n) is 3.25. The molecule has 1 aromatic rings. The van der Waals surface area contributed by atoms with Crippen LogP contribution in [0.25, 0.3) is 0 Å². The summed E-state index contributed by atoms with van der Waals surface area (Å²) in [7, 11) is 2.21. The lowest BCUT2D eigenvalue weighted by atomic mass is 10.0. The average molecular weight is 217 g/mol. The molecule has 15 heavy (non-hydrogen) atoms. The summed E-state index contributed by atoms with van der Waals surface area (Å²) < 4.78 is 0. The van der Waals surface area contributed by atoms with Gasteiger partial charge in [-0.25, -0.2) is 0 Å². The first kappa shape index (κ1) is 9.34. The van der Waals surface area contributed by atoms with Crippen molar-refractivity contribution in [2.24, 2.45) is 0 Å². The highest BCUT2D eigenvalue weighted by Gasteiger charge is 2.24. The Bertz CT molecular complexity index is 422. The average Bonchev–Trinajstić information content (AvgIpc) is 2.30. The van der Waals surface area contributed by atoms with Crippen LogP contribution in [0.2, 0.25) is 0 Å². The van der Waals surface area contributed by atoms with E-state index in [9.17, 15) is 0 Å². The van der Waals surface area contributed by atoms with Crippen LogP contribution in [0, 0.1) is 0 Å². The summed E-state index contributed by atoms with van der Waals surface area (Å²) in [6, 6.07) is 8.72. The van der Waals surface area contributed by atoms with Gasteiger partial charge in [0.15, 0.2) is 0 Å². The maximum absolute atomic E-state index is 2.39. The highest BCUT2D eigenvalue weighted by atomic mass is 32.2. The molecule has 1 aromatic carbocycles. The molecule has 0 N–H and O–H groups in total. The second kappa shape index (κ2) is 3.60. The zero-order valence-electron chi connectivity index (χ0n) is 8.99. The van der Waals surface area contributed by atoms with Crippen LogP contribution in [-0.2, 0) is 0 Å². The van der Waals surface area contributed by atoms with Gasteiger partial charge in [0, 0.05) is 22.5 Å². The normalized spacial score (nSPS) is 19.9. The summed E-state index contributed by atoms with van der Waals surface area (Å²) in [5, 5.41) is 0. The number of fused-ring (bicyclic) bond motifs is 1. The molecule has 1 aliphatic carbocycles. The lowest BCUT2D eigenvalue weighted by molar-refractivity contribution is 0.675. The number of para-hydroxylation sites is 1. The molecule has 0 radical (unpaired) electrons. The molecule has 1 aliphatic heterocycles. The van der Waals surface area contributed by atoms with Crippen molar-refractivity contribution in [1.82, 2.24) is 0 Å². The van der Waals surface area contributed by atoms with E-state index in [2.05, 4.69) is 36.2 Å². The van der Waals surface area contributed by atoms with Gasteiger partial charge < -0.3 is 4.90 Å². The van der Waals surface area contributed by atoms with Gasteiger partial charge in [0.05, 0.1) is 5.69 Å². The Kier molecular flexibility index (Phi) is 2.24. The SMILES string of the molecule is CN1C2=C(CCCC2)Sc2ccccc21. The summed E-state index contributed by atoms with van der Waals surface area (Å²) in [6.45, 7) is 0. The minimum Gasteiger partial charge on any atom is -0.346 e. The smallest absolute Gasteiger partial charge is 0.0547 e. The Morgan fingerprint density at radius 1 is 1.13 bits per heavy atom. The van der Waals surface area contributed by atoms with Crippen LogP contribution in [0.4, 0.5) is 5.69 Å². The van der Waals surface area contributed by atoms with Gasteiger partial charge in [0.25, 0.3) is 0 Å². The fourth-order valence-electron chi connectivity index (χ4n) is 2.43. The molecule has 0 saturated carbocycles. The van der Waals surface area contributed by atoms with E-state index in [-0.39, 0.29) is 0 Å². The molecule has 0 unspecified atom stereocenters. The largest absolute Gasteiger partial charge is 0.346 e. The topological polar surface area (TPSA) is 3.24 Å². The Balaban J connectivity index is 2.07. The third kappa shape index (κ3) is 1.48. The maximum Gasteiger partial charge on any atom is 0.0547 e. The number of thioether (sulfide) groups is 1. The predicted molar refractivity (Wildman–Crippen MR) is 66.2 cm³/mol. The predicted octanol–water partition coefficient (Wildman–Crippen LogP) is 4.01. The molecule has 0 fully saturated rings. The summed E-state index contributed by atoms with van der Waals surface area (Å²) in [6.07, 6.45) is 5.25. The van der Waals surface area contributed by atoms with Crippen molar-refractivity contribution >= 4 is 17.4 Å². The van der Waals surface area contributed by atoms with Crippen molar-refractivity contribution in [1.29, 1.82) is 0 Å². The third-order valence-corrected chi connectivity index (χ3v) is 4.51. The molecule has 78 valence electrons. The number of allylic oxidation sites excluding steroid dienone is 2. The van der Waals surface area contributed by atoms with Crippen molar-refractivity contribution in [3.8, 4) is 0 Å². The summed E-state index contributed by atoms with van der Waals surface area (Å²) in [5.41, 5.74) is 2.94. The minimum atomic E-state index is 1.26. The molecular weight excluding hydrogens is 202 g/mol. The zero-order chi connectivity index (χ0) is 10.3. The number of rotatable bonds is 0. The summed E-state index contributed by atoms with van der Waals surface area (Å²) in [5.74, 6) is 0. The number of benzene rings is 1. The molecular formula is C13H15NS. The van der Waals surface area contributed by atoms with E-state index < -0.39 is 0 Å². The molecule has 2 aliphatic rings. The van der Waals surface area contributed by atoms with Gasteiger partial charge in [0.1, 0.15) is 0 Å². The highest BCUT2D eigenvalue weighted by molar-refractivity contribution is 8.03. The Morgan fingerprint density at radius 3 is 2.87 bits per heavy atom. The van der Waals surface area contributed by atoms with E-state index in [1.165, 1.54) is 36.3 Å². The molecule has 0 amide bonds. The van der Waals surface area contributed by atoms with Crippen LogP contribution in [0.5, 0.6) is 0 Å². The van der Waals surface area contributed by atoms with E-state index in [1.54, 1.807) is 10.6 Å². The lowest BCUT2D eigenvalue weighted by Crippen LogP contribution is -2.23. The molecule has 1 nitrogen and oxygen atoms in total. The molecule has 0 bridgehead atoms. The van der Waals surface area contributed by atoms with Crippen LogP contribution in [0.15, 0.2) is 39.8 Å². The molecule has 0 aromatic heterocycles. The lowest BCUT2D eigenvalue weighted by Gasteiger charge is -2.34. The quantitative estimate of drug-likeness (QED) is 0.646. The molecule has 0 atom stereocenters. The van der Waals surface area contributed by atoms with E-state index in [0.717, 1.165) is 0 Å². The van der Waals surface area contributed by atoms with E-state index >= 15 is 0 Å². The first-order valence-corrected chi connectivity index (χ1v) is 6.40. The van der Waals surface area contributed by atoms with Crippen molar-refractivity contribution < 1.29 is 0 Å². The molecule has 3 rings (SSSR count). The summed E-state index contributed by atoms with van der Waals surface area (Å²) >= 11 is 1.98. The van der Waals surface area contributed by atoms with Gasteiger partial charge in [-0.2, -0.15) is 0 Å². The van der Waals surface area contributed by atoms with E-state index in [4.69, 9.17) is 0 Å². The fourth-order valence-corrected chi connectivity index (χ4v) is 3.75. The van der Waals surface area contributed by atoms with Gasteiger partial charge in [0.2, 0.25) is 0 Å². The fraction of sp³-hybridized carbons (Fsp3) is 0.385. The second-order valence-electron chi connectivity index (χ2n) is 4.21. The Hall–Kier alpha value is -0.890. The van der Waals surface area contributed by atoms with Crippen LogP contribution in [0.3, 0.4) is 0 Å². The molecule has 0 saturated heterocycles. The van der Waals surface area contributed by atoms with Gasteiger partial charge in [-0.3, -0.25) is 0 Å². The number of nitrogens with zero attached hydrogens (tertiary/aromatic N) is 1. The highest BCUT2D eigenvalue weighted by Crippen LogP contribution is 2.47. The number of anilines is 1. The molecule has 2 heteroatoms. The minimum absolute atomic E-state index is 1.26. The van der Waals surface area contributed by atoms with Crippen molar-refractivity contribution in [2.75, 3.05) is 11.9 Å². The van der Waals surface area contributed by atoms with Gasteiger partial charge in [-0.05, 0) is 37.8 Å². The Morgan fingerprint density at radius 2 is 1.93 bits per heavy atom. The first-order valence-electron chi connectivity index (χ1n) is 5.59. The van der Waals surface area contributed by atoms with Crippen LogP contribution >= 0.6 is 11.8 Å². The zero-order valence-corrected chi connectivity index (χ0v) is 9.81. The van der Waals surface area contributed by atoms with E-state index in [1.807, 2.05) is 11.8 Å². The molecule has 1 heterocycles. The maximum atomic E-state index is 2.39. The van der Waals surface area contributed by atoms with Gasteiger partial charge in [-0.15, -0.1) is 0 Å². The van der Waals surface area contributed by atoms with Crippen molar-refractivity contribution in [2.45, 2.75) is 30.6 Å². The van der Waals surface area contributed by atoms with Crippen LogP contribution in [0.1, 0.15) is 25.7 Å². The van der Waals surface area contributed by atoms with E-state index in [0.29, 0.717) is 0 Å². The monoisotopic (exact) mass is 217 g/mol. The summed E-state index contributed by atoms with van der Waals surface area (Å²) in [4.78, 5) is 5.41. The molecule has 0 spiro atoms. The Labute approximate surface area is 95.2 Å². The van der Waals surface area contributed by atoms with Crippen LogP contribution in [-0.4, -0.2) is 7.05 Å². The van der Waals surface area contributed by atoms with Gasteiger partial charge >= 0.3 is 0 Å². The first-order chi connectivity index (χ1) is 7.36. The number of hydrogen-bond donors (Lipinski definition) is 0. The van der Waals surface area contributed by atoms with Crippen molar-refractivity contribution in [3.63, 3.8) is 0 Å².